The van der Waals surface area contributed by atoms with Gasteiger partial charge in [0.15, 0.2) is 0 Å². The van der Waals surface area contributed by atoms with Crippen LogP contribution in [0, 0.1) is 0 Å². The van der Waals surface area contributed by atoms with Gasteiger partial charge in [-0.15, -0.1) is 0 Å². The molecule has 0 spiro atoms. The maximum absolute atomic E-state index is 11.7. The van der Waals surface area contributed by atoms with Gasteiger partial charge >= 0.3 is 0 Å². The fourth-order valence-corrected chi connectivity index (χ4v) is 1.99. The maximum Gasteiger partial charge on any atom is 0.244 e. The minimum absolute atomic E-state index is 0.0923. The van der Waals surface area contributed by atoms with Crippen LogP contribution < -0.4 is 11.1 Å². The number of anilines is 1. The van der Waals surface area contributed by atoms with Gasteiger partial charge in [0.25, 0.3) is 0 Å². The molecule has 1 aromatic carbocycles. The molecule has 2 atom stereocenters. The number of hydrogen-bond donors (Lipinski definition) is 2. The van der Waals surface area contributed by atoms with Crippen molar-refractivity contribution in [1.29, 1.82) is 0 Å². The highest BCUT2D eigenvalue weighted by atomic mass is 16.5. The average molecular weight is 246 g/mol. The summed E-state index contributed by atoms with van der Waals surface area (Å²) in [5, 5.41) is 2.93. The zero-order valence-electron chi connectivity index (χ0n) is 10.4. The molecule has 0 aromatic heterocycles. The summed E-state index contributed by atoms with van der Waals surface area (Å²) in [5.74, 6) is -0.0974. The SMILES string of the molecule is CC1OCCC1NC(=O)/C=C/c1cccc(N)c1. The van der Waals surface area contributed by atoms with Crippen molar-refractivity contribution in [2.45, 2.75) is 25.5 Å². The second-order valence-electron chi connectivity index (χ2n) is 4.48. The molecule has 1 fully saturated rings. The number of benzene rings is 1. The zero-order valence-corrected chi connectivity index (χ0v) is 10.4. The molecule has 1 saturated heterocycles. The van der Waals surface area contributed by atoms with Crippen molar-refractivity contribution in [3.05, 3.63) is 35.9 Å². The van der Waals surface area contributed by atoms with Gasteiger partial charge in [-0.1, -0.05) is 12.1 Å². The molecule has 1 aromatic rings. The van der Waals surface area contributed by atoms with Gasteiger partial charge < -0.3 is 15.8 Å². The van der Waals surface area contributed by atoms with Gasteiger partial charge in [-0.2, -0.15) is 0 Å². The van der Waals surface area contributed by atoms with Crippen molar-refractivity contribution in [1.82, 2.24) is 5.32 Å². The molecule has 3 N–H and O–H groups in total. The molecule has 18 heavy (non-hydrogen) atoms. The van der Waals surface area contributed by atoms with E-state index in [1.807, 2.05) is 31.2 Å². The van der Waals surface area contributed by atoms with Crippen molar-refractivity contribution in [2.24, 2.45) is 0 Å². The van der Waals surface area contributed by atoms with Gasteiger partial charge in [0.1, 0.15) is 0 Å². The number of rotatable bonds is 3. The summed E-state index contributed by atoms with van der Waals surface area (Å²) in [6, 6.07) is 7.52. The minimum Gasteiger partial charge on any atom is -0.399 e. The van der Waals surface area contributed by atoms with Crippen LogP contribution in [-0.2, 0) is 9.53 Å². The Balaban J connectivity index is 1.91. The molecule has 2 rings (SSSR count). The fraction of sp³-hybridized carbons (Fsp3) is 0.357. The molecule has 4 nitrogen and oxygen atoms in total. The molecule has 4 heteroatoms. The Morgan fingerprint density at radius 1 is 1.56 bits per heavy atom. The van der Waals surface area contributed by atoms with Crippen LogP contribution in [0.1, 0.15) is 18.9 Å². The molecule has 1 aliphatic rings. The highest BCUT2D eigenvalue weighted by Gasteiger charge is 2.24. The summed E-state index contributed by atoms with van der Waals surface area (Å²) in [7, 11) is 0. The zero-order chi connectivity index (χ0) is 13.0. The third-order valence-corrected chi connectivity index (χ3v) is 3.04. The van der Waals surface area contributed by atoms with E-state index in [1.165, 1.54) is 6.08 Å². The summed E-state index contributed by atoms with van der Waals surface area (Å²) < 4.78 is 5.39. The molecule has 1 amide bonds. The topological polar surface area (TPSA) is 64.3 Å². The molecular formula is C14H18N2O2. The predicted octanol–water partition coefficient (Wildman–Crippen LogP) is 1.58. The van der Waals surface area contributed by atoms with Crippen LogP contribution in [0.3, 0.4) is 0 Å². The van der Waals surface area contributed by atoms with E-state index in [9.17, 15) is 4.79 Å². The highest BCUT2D eigenvalue weighted by Crippen LogP contribution is 2.12. The summed E-state index contributed by atoms with van der Waals surface area (Å²) in [5.41, 5.74) is 7.27. The van der Waals surface area contributed by atoms with Gasteiger partial charge in [0.2, 0.25) is 5.91 Å². The van der Waals surface area contributed by atoms with Gasteiger partial charge in [-0.3, -0.25) is 4.79 Å². The molecule has 0 saturated carbocycles. The van der Waals surface area contributed by atoms with E-state index in [0.717, 1.165) is 12.0 Å². The lowest BCUT2D eigenvalue weighted by Gasteiger charge is -2.14. The Kier molecular flexibility index (Phi) is 3.99. The standard InChI is InChI=1S/C14H18N2O2/c1-10-13(7-8-18-10)16-14(17)6-5-11-3-2-4-12(15)9-11/h2-6,9-10,13H,7-8,15H2,1H3,(H,16,17)/b6-5+. The first-order valence-electron chi connectivity index (χ1n) is 6.11. The second-order valence-corrected chi connectivity index (χ2v) is 4.48. The number of hydrogen-bond acceptors (Lipinski definition) is 3. The monoisotopic (exact) mass is 246 g/mol. The van der Waals surface area contributed by atoms with Gasteiger partial charge in [-0.05, 0) is 37.1 Å². The quantitative estimate of drug-likeness (QED) is 0.628. The molecule has 0 bridgehead atoms. The first-order chi connectivity index (χ1) is 8.65. The lowest BCUT2D eigenvalue weighted by atomic mass is 10.1. The Morgan fingerprint density at radius 2 is 2.39 bits per heavy atom. The van der Waals surface area contributed by atoms with Crippen molar-refractivity contribution >= 4 is 17.7 Å². The van der Waals surface area contributed by atoms with E-state index < -0.39 is 0 Å². The van der Waals surface area contributed by atoms with Crippen LogP contribution in [0.15, 0.2) is 30.3 Å². The van der Waals surface area contributed by atoms with E-state index in [2.05, 4.69) is 5.32 Å². The third kappa shape index (κ3) is 3.34. The van der Waals surface area contributed by atoms with Crippen LogP contribution >= 0.6 is 0 Å². The maximum atomic E-state index is 11.7. The lowest BCUT2D eigenvalue weighted by molar-refractivity contribution is -0.117. The van der Waals surface area contributed by atoms with Crippen LogP contribution in [-0.4, -0.2) is 24.7 Å². The Morgan fingerprint density at radius 3 is 3.06 bits per heavy atom. The van der Waals surface area contributed by atoms with Crippen LogP contribution in [0.2, 0.25) is 0 Å². The molecule has 0 radical (unpaired) electrons. The smallest absolute Gasteiger partial charge is 0.244 e. The number of amides is 1. The van der Waals surface area contributed by atoms with Crippen molar-refractivity contribution < 1.29 is 9.53 Å². The van der Waals surface area contributed by atoms with Crippen molar-refractivity contribution in [3.63, 3.8) is 0 Å². The first-order valence-corrected chi connectivity index (χ1v) is 6.11. The van der Waals surface area contributed by atoms with Gasteiger partial charge in [-0.25, -0.2) is 0 Å². The summed E-state index contributed by atoms with van der Waals surface area (Å²) in [4.78, 5) is 11.7. The molecule has 1 aliphatic heterocycles. The normalized spacial score (nSPS) is 23.4. The molecular weight excluding hydrogens is 228 g/mol. The van der Waals surface area contributed by atoms with Crippen LogP contribution in [0.25, 0.3) is 6.08 Å². The molecule has 0 aliphatic carbocycles. The van der Waals surface area contributed by atoms with E-state index >= 15 is 0 Å². The van der Waals surface area contributed by atoms with Crippen LogP contribution in [0.5, 0.6) is 0 Å². The number of ether oxygens (including phenoxy) is 1. The highest BCUT2D eigenvalue weighted by molar-refractivity contribution is 5.92. The number of nitrogen functional groups attached to an aromatic ring is 1. The predicted molar refractivity (Wildman–Crippen MR) is 71.9 cm³/mol. The number of nitrogens with one attached hydrogen (secondary N) is 1. The lowest BCUT2D eigenvalue weighted by Crippen LogP contribution is -2.38. The fourth-order valence-electron chi connectivity index (χ4n) is 1.99. The third-order valence-electron chi connectivity index (χ3n) is 3.04. The molecule has 96 valence electrons. The molecule has 2 unspecified atom stereocenters. The van der Waals surface area contributed by atoms with Gasteiger partial charge in [0, 0.05) is 18.4 Å². The van der Waals surface area contributed by atoms with E-state index in [-0.39, 0.29) is 18.1 Å². The number of nitrogens with two attached hydrogens (primary N) is 1. The largest absolute Gasteiger partial charge is 0.399 e. The van der Waals surface area contributed by atoms with Crippen molar-refractivity contribution in [3.8, 4) is 0 Å². The van der Waals surface area contributed by atoms with E-state index in [0.29, 0.717) is 12.3 Å². The van der Waals surface area contributed by atoms with Gasteiger partial charge in [0.05, 0.1) is 12.1 Å². The first kappa shape index (κ1) is 12.6. The van der Waals surface area contributed by atoms with Crippen molar-refractivity contribution in [2.75, 3.05) is 12.3 Å². The Hall–Kier alpha value is -1.81. The minimum atomic E-state index is -0.0974. The Labute approximate surface area is 107 Å². The van der Waals surface area contributed by atoms with E-state index in [4.69, 9.17) is 10.5 Å². The number of carbonyl (C=O) groups is 1. The number of carbonyl (C=O) groups excluding carboxylic acids is 1. The van der Waals surface area contributed by atoms with Crippen LogP contribution in [0.4, 0.5) is 5.69 Å². The van der Waals surface area contributed by atoms with E-state index in [1.54, 1.807) is 6.08 Å². The second kappa shape index (κ2) is 5.69. The molecule has 1 heterocycles. The summed E-state index contributed by atoms with van der Waals surface area (Å²) in [6.07, 6.45) is 4.25. The Bertz CT molecular complexity index is 457. The summed E-state index contributed by atoms with van der Waals surface area (Å²) >= 11 is 0. The average Bonchev–Trinajstić information content (AvgIpc) is 2.73. The summed E-state index contributed by atoms with van der Waals surface area (Å²) in [6.45, 7) is 2.69.